The van der Waals surface area contributed by atoms with E-state index in [4.69, 9.17) is 0 Å². The van der Waals surface area contributed by atoms with Gasteiger partial charge in [-0.15, -0.1) is 11.3 Å². The molecule has 0 bridgehead atoms. The molecule has 0 saturated heterocycles. The van der Waals surface area contributed by atoms with Crippen LogP contribution >= 0.6 is 11.3 Å². The van der Waals surface area contributed by atoms with Gasteiger partial charge in [-0.05, 0) is 29.8 Å². The number of carbonyl (C=O) groups is 4. The molecule has 1 aliphatic rings. The van der Waals surface area contributed by atoms with Crippen LogP contribution in [0.25, 0.3) is 11.1 Å². The van der Waals surface area contributed by atoms with Gasteiger partial charge >= 0.3 is 5.97 Å². The number of carboxylic acids is 1. The first-order chi connectivity index (χ1) is 13.5. The number of nitrogens with one attached hydrogen (secondary N) is 1. The fourth-order valence-corrected chi connectivity index (χ4v) is 4.19. The van der Waals surface area contributed by atoms with Crippen LogP contribution in [-0.4, -0.2) is 29.3 Å². The number of thiophene rings is 1. The van der Waals surface area contributed by atoms with E-state index in [2.05, 4.69) is 5.32 Å². The number of carboxylic acid groups (broad SMARTS) is 1. The molecule has 138 valence electrons. The van der Waals surface area contributed by atoms with E-state index in [1.165, 1.54) is 0 Å². The van der Waals surface area contributed by atoms with Gasteiger partial charge in [0, 0.05) is 16.6 Å². The molecule has 3 amide bonds. The molecule has 8 heteroatoms. The van der Waals surface area contributed by atoms with Gasteiger partial charge in [-0.3, -0.25) is 14.4 Å². The standard InChI is InChI=1S/C20H12N2O5S/c23-10-21-12-7-5-11(6-8-12)15-9-28-19(16(15)20(26)27)22-17(24)13-3-1-2-4-14(13)18(22)25/h1-10H,(H,21,23)(H,26,27). The number of imide groups is 1. The first kappa shape index (κ1) is 17.6. The molecule has 3 aromatic rings. The van der Waals surface area contributed by atoms with Crippen molar-refractivity contribution >= 4 is 46.2 Å². The lowest BCUT2D eigenvalue weighted by Crippen LogP contribution is -2.30. The minimum absolute atomic E-state index is 0.0730. The van der Waals surface area contributed by atoms with E-state index in [-0.39, 0.29) is 21.7 Å². The van der Waals surface area contributed by atoms with Gasteiger partial charge in [0.1, 0.15) is 10.6 Å². The van der Waals surface area contributed by atoms with E-state index >= 15 is 0 Å². The summed E-state index contributed by atoms with van der Waals surface area (Å²) in [6.07, 6.45) is 0.544. The van der Waals surface area contributed by atoms with Crippen LogP contribution in [-0.2, 0) is 4.79 Å². The molecule has 0 spiro atoms. The van der Waals surface area contributed by atoms with Gasteiger partial charge in [-0.1, -0.05) is 24.3 Å². The molecule has 0 atom stereocenters. The molecule has 1 aromatic heterocycles. The summed E-state index contributed by atoms with van der Waals surface area (Å²) in [7, 11) is 0. The van der Waals surface area contributed by atoms with Crippen LogP contribution in [0.3, 0.4) is 0 Å². The number of aromatic carboxylic acids is 1. The van der Waals surface area contributed by atoms with Gasteiger partial charge in [-0.2, -0.15) is 0 Å². The minimum atomic E-state index is -1.24. The van der Waals surface area contributed by atoms with Gasteiger partial charge in [0.2, 0.25) is 6.41 Å². The summed E-state index contributed by atoms with van der Waals surface area (Å²) in [6.45, 7) is 0. The average Bonchev–Trinajstić information content (AvgIpc) is 3.23. The number of hydrogen-bond acceptors (Lipinski definition) is 5. The number of benzene rings is 2. The monoisotopic (exact) mass is 392 g/mol. The number of anilines is 2. The van der Waals surface area contributed by atoms with Gasteiger partial charge in [-0.25, -0.2) is 9.69 Å². The van der Waals surface area contributed by atoms with E-state index in [1.807, 2.05) is 0 Å². The summed E-state index contributed by atoms with van der Waals surface area (Å²) in [6, 6.07) is 13.0. The Bertz CT molecular complexity index is 1100. The Morgan fingerprint density at radius 2 is 1.57 bits per heavy atom. The average molecular weight is 392 g/mol. The number of carbonyl (C=O) groups excluding carboxylic acids is 3. The first-order valence-electron chi connectivity index (χ1n) is 8.16. The van der Waals surface area contributed by atoms with Gasteiger partial charge in [0.05, 0.1) is 11.1 Å². The third kappa shape index (κ3) is 2.67. The van der Waals surface area contributed by atoms with Crippen LogP contribution in [0.15, 0.2) is 53.9 Å². The Kier molecular flexibility index (Phi) is 4.25. The summed E-state index contributed by atoms with van der Waals surface area (Å²) in [5, 5.41) is 14.0. The molecule has 28 heavy (non-hydrogen) atoms. The van der Waals surface area contributed by atoms with Crippen molar-refractivity contribution in [2.45, 2.75) is 0 Å². The van der Waals surface area contributed by atoms with Crippen molar-refractivity contribution in [3.63, 3.8) is 0 Å². The summed E-state index contributed by atoms with van der Waals surface area (Å²) in [4.78, 5) is 48.9. The van der Waals surface area contributed by atoms with Crippen LogP contribution in [0, 0.1) is 0 Å². The number of rotatable bonds is 5. The smallest absolute Gasteiger partial charge is 0.339 e. The van der Waals surface area contributed by atoms with Gasteiger partial charge in [0.15, 0.2) is 0 Å². The highest BCUT2D eigenvalue weighted by atomic mass is 32.1. The summed E-state index contributed by atoms with van der Waals surface area (Å²) < 4.78 is 0. The van der Waals surface area contributed by atoms with E-state index in [9.17, 15) is 24.3 Å². The van der Waals surface area contributed by atoms with E-state index < -0.39 is 17.8 Å². The number of fused-ring (bicyclic) bond motifs is 1. The third-order valence-electron chi connectivity index (χ3n) is 4.40. The lowest BCUT2D eigenvalue weighted by molar-refractivity contribution is -0.105. The maximum absolute atomic E-state index is 12.7. The molecule has 7 nitrogen and oxygen atoms in total. The minimum Gasteiger partial charge on any atom is -0.478 e. The maximum atomic E-state index is 12.7. The lowest BCUT2D eigenvalue weighted by Gasteiger charge is -2.13. The number of amides is 3. The highest BCUT2D eigenvalue weighted by Crippen LogP contribution is 2.41. The Balaban J connectivity index is 1.80. The summed E-state index contributed by atoms with van der Waals surface area (Å²) in [5.41, 5.74) is 1.93. The van der Waals surface area contributed by atoms with Crippen molar-refractivity contribution in [3.8, 4) is 11.1 Å². The zero-order valence-electron chi connectivity index (χ0n) is 14.2. The number of hydrogen-bond donors (Lipinski definition) is 2. The second-order valence-corrected chi connectivity index (χ2v) is 6.82. The molecule has 2 aromatic carbocycles. The molecule has 0 unspecified atom stereocenters. The zero-order chi connectivity index (χ0) is 19.8. The predicted molar refractivity (Wildman–Crippen MR) is 104 cm³/mol. The molecule has 1 aliphatic heterocycles. The van der Waals surface area contributed by atoms with Crippen LogP contribution in [0.5, 0.6) is 0 Å². The summed E-state index contributed by atoms with van der Waals surface area (Å²) >= 11 is 1.02. The van der Waals surface area contributed by atoms with Crippen LogP contribution < -0.4 is 10.2 Å². The highest BCUT2D eigenvalue weighted by molar-refractivity contribution is 7.15. The molecule has 0 saturated carbocycles. The highest BCUT2D eigenvalue weighted by Gasteiger charge is 2.39. The van der Waals surface area contributed by atoms with Gasteiger partial charge < -0.3 is 10.4 Å². The topological polar surface area (TPSA) is 104 Å². The van der Waals surface area contributed by atoms with E-state index in [1.54, 1.807) is 53.9 Å². The maximum Gasteiger partial charge on any atom is 0.339 e. The normalized spacial score (nSPS) is 12.8. The van der Waals surface area contributed by atoms with Crippen molar-refractivity contribution in [1.82, 2.24) is 0 Å². The van der Waals surface area contributed by atoms with Crippen molar-refractivity contribution in [3.05, 3.63) is 70.6 Å². The van der Waals surface area contributed by atoms with Crippen LogP contribution in [0.2, 0.25) is 0 Å². The zero-order valence-corrected chi connectivity index (χ0v) is 15.0. The van der Waals surface area contributed by atoms with Crippen molar-refractivity contribution in [2.75, 3.05) is 10.2 Å². The van der Waals surface area contributed by atoms with E-state index in [0.29, 0.717) is 23.2 Å². The largest absolute Gasteiger partial charge is 0.478 e. The molecule has 0 aliphatic carbocycles. The molecule has 0 fully saturated rings. The number of nitrogens with zero attached hydrogens (tertiary/aromatic N) is 1. The molecular weight excluding hydrogens is 380 g/mol. The predicted octanol–water partition coefficient (Wildman–Crippen LogP) is 3.48. The third-order valence-corrected chi connectivity index (χ3v) is 5.37. The Hall–Kier alpha value is -3.78. The molecule has 2 N–H and O–H groups in total. The SMILES string of the molecule is O=CNc1ccc(-c2csc(N3C(=O)c4ccccc4C3=O)c2C(=O)O)cc1. The first-order valence-corrected chi connectivity index (χ1v) is 9.04. The van der Waals surface area contributed by atoms with Crippen molar-refractivity contribution in [2.24, 2.45) is 0 Å². The molecular formula is C20H12N2O5S. The Morgan fingerprint density at radius 3 is 2.11 bits per heavy atom. The second-order valence-electron chi connectivity index (χ2n) is 5.97. The molecule has 0 radical (unpaired) electrons. The van der Waals surface area contributed by atoms with Crippen LogP contribution in [0.4, 0.5) is 10.7 Å². The summed E-state index contributed by atoms with van der Waals surface area (Å²) in [5.74, 6) is -2.32. The Labute approximate surface area is 162 Å². The van der Waals surface area contributed by atoms with Crippen molar-refractivity contribution < 1.29 is 24.3 Å². The van der Waals surface area contributed by atoms with Gasteiger partial charge in [0.25, 0.3) is 11.8 Å². The fourth-order valence-electron chi connectivity index (χ4n) is 3.12. The van der Waals surface area contributed by atoms with E-state index in [0.717, 1.165) is 16.2 Å². The quantitative estimate of drug-likeness (QED) is 0.511. The molecule has 4 rings (SSSR count). The molecule has 2 heterocycles. The van der Waals surface area contributed by atoms with Crippen molar-refractivity contribution in [1.29, 1.82) is 0 Å². The van der Waals surface area contributed by atoms with Crippen LogP contribution in [0.1, 0.15) is 31.1 Å². The fraction of sp³-hybridized carbons (Fsp3) is 0. The lowest BCUT2D eigenvalue weighted by atomic mass is 10.0. The second kappa shape index (κ2) is 6.75. The Morgan fingerprint density at radius 1 is 0.964 bits per heavy atom.